The highest BCUT2D eigenvalue weighted by atomic mass is 16.4. The highest BCUT2D eigenvalue weighted by Gasteiger charge is 2.23. The molecule has 0 saturated carbocycles. The lowest BCUT2D eigenvalue weighted by Gasteiger charge is -2.18. The summed E-state index contributed by atoms with van der Waals surface area (Å²) in [6.07, 6.45) is 0.799. The fourth-order valence-corrected chi connectivity index (χ4v) is 1.66. The van der Waals surface area contributed by atoms with E-state index in [1.165, 1.54) is 0 Å². The van der Waals surface area contributed by atoms with Crippen molar-refractivity contribution in [3.05, 3.63) is 0 Å². The molecule has 3 amide bonds. The Morgan fingerprint density at radius 3 is 2.00 bits per heavy atom. The second-order valence-electron chi connectivity index (χ2n) is 4.68. The number of carboxylic acid groups (broad SMARTS) is 2. The fraction of sp³-hybridized carbons (Fsp3) is 0.667. The van der Waals surface area contributed by atoms with Gasteiger partial charge in [0.1, 0.15) is 12.1 Å². The maximum Gasteiger partial charge on any atom is 0.326 e. The van der Waals surface area contributed by atoms with E-state index < -0.39 is 36.0 Å². The number of hydrogen-bond acceptors (Lipinski definition) is 5. The van der Waals surface area contributed by atoms with Crippen LogP contribution in [0.2, 0.25) is 0 Å². The van der Waals surface area contributed by atoms with Crippen molar-refractivity contribution in [2.45, 2.75) is 44.2 Å². The molecule has 0 aliphatic heterocycles. The number of carbonyl (C=O) groups is 4. The molecule has 0 fully saturated rings. The average Bonchev–Trinajstić information content (AvgIpc) is 2.41. The first kappa shape index (κ1) is 19.6. The topological polar surface area (TPSA) is 185 Å². The lowest BCUT2D eigenvalue weighted by Crippen LogP contribution is -2.52. The molecule has 10 heteroatoms. The molecule has 0 spiro atoms. The molecule has 0 unspecified atom stereocenters. The van der Waals surface area contributed by atoms with Gasteiger partial charge in [-0.2, -0.15) is 0 Å². The Morgan fingerprint density at radius 1 is 0.955 bits per heavy atom. The van der Waals surface area contributed by atoms with Crippen LogP contribution in [-0.4, -0.2) is 52.7 Å². The van der Waals surface area contributed by atoms with Gasteiger partial charge in [0.15, 0.2) is 0 Å². The fourth-order valence-electron chi connectivity index (χ4n) is 1.66. The molecule has 0 heterocycles. The lowest BCUT2D eigenvalue weighted by molar-refractivity contribution is -0.139. The van der Waals surface area contributed by atoms with Crippen molar-refractivity contribution >= 4 is 23.9 Å². The number of nitrogens with two attached hydrogens (primary N) is 2. The van der Waals surface area contributed by atoms with Crippen LogP contribution in [0.4, 0.5) is 4.79 Å². The first-order chi connectivity index (χ1) is 10.3. The van der Waals surface area contributed by atoms with Crippen molar-refractivity contribution in [1.29, 1.82) is 0 Å². The number of unbranched alkanes of at least 4 members (excludes halogenated alkanes) is 1. The van der Waals surface area contributed by atoms with Crippen molar-refractivity contribution in [1.82, 2.24) is 10.6 Å². The minimum Gasteiger partial charge on any atom is -0.481 e. The first-order valence-corrected chi connectivity index (χ1v) is 6.79. The number of carboxylic acids is 2. The van der Waals surface area contributed by atoms with E-state index >= 15 is 0 Å². The number of rotatable bonds is 11. The van der Waals surface area contributed by atoms with Gasteiger partial charge in [0.2, 0.25) is 5.91 Å². The Bertz CT molecular complexity index is 414. The summed E-state index contributed by atoms with van der Waals surface area (Å²) in [7, 11) is 0. The van der Waals surface area contributed by atoms with Crippen LogP contribution in [0.3, 0.4) is 0 Å². The first-order valence-electron chi connectivity index (χ1n) is 6.79. The molecule has 10 nitrogen and oxygen atoms in total. The smallest absolute Gasteiger partial charge is 0.326 e. The number of aliphatic carboxylic acids is 2. The second-order valence-corrected chi connectivity index (χ2v) is 4.68. The minimum atomic E-state index is -1.21. The summed E-state index contributed by atoms with van der Waals surface area (Å²) in [5, 5.41) is 21.9. The summed E-state index contributed by atoms with van der Waals surface area (Å²) in [5.74, 6) is -3.25. The highest BCUT2D eigenvalue weighted by Crippen LogP contribution is 2.02. The van der Waals surface area contributed by atoms with Crippen LogP contribution in [0.15, 0.2) is 0 Å². The van der Waals surface area contributed by atoms with Crippen molar-refractivity contribution in [2.75, 3.05) is 6.54 Å². The SMILES string of the molecule is NCCCC[C@H](NC(=O)N[C@@H](CCC(=O)O)C(N)=O)C(=O)O. The van der Waals surface area contributed by atoms with Crippen molar-refractivity contribution in [2.24, 2.45) is 11.5 Å². The lowest BCUT2D eigenvalue weighted by atomic mass is 10.1. The van der Waals surface area contributed by atoms with Gasteiger partial charge in [-0.3, -0.25) is 9.59 Å². The van der Waals surface area contributed by atoms with Crippen molar-refractivity contribution < 1.29 is 29.4 Å². The monoisotopic (exact) mass is 318 g/mol. The molecule has 0 aromatic heterocycles. The van der Waals surface area contributed by atoms with E-state index in [9.17, 15) is 19.2 Å². The third-order valence-corrected chi connectivity index (χ3v) is 2.85. The van der Waals surface area contributed by atoms with E-state index in [1.54, 1.807) is 0 Å². The van der Waals surface area contributed by atoms with E-state index in [0.717, 1.165) is 0 Å². The number of carbonyl (C=O) groups excluding carboxylic acids is 2. The maximum absolute atomic E-state index is 11.7. The molecule has 8 N–H and O–H groups in total. The average molecular weight is 318 g/mol. The molecule has 0 rings (SSSR count). The van der Waals surface area contributed by atoms with Gasteiger partial charge in [-0.05, 0) is 32.2 Å². The standard InChI is InChI=1S/C12H22N4O6/c13-6-2-1-3-8(11(20)21)16-12(22)15-7(10(14)19)4-5-9(17)18/h7-8H,1-6,13H2,(H2,14,19)(H,17,18)(H,20,21)(H2,15,16,22)/t7-,8-/m0/s1. The quantitative estimate of drug-likeness (QED) is 0.252. The van der Waals surface area contributed by atoms with Gasteiger partial charge in [-0.1, -0.05) is 0 Å². The van der Waals surface area contributed by atoms with E-state index in [2.05, 4.69) is 10.6 Å². The van der Waals surface area contributed by atoms with E-state index in [-0.39, 0.29) is 19.3 Å². The molecule has 22 heavy (non-hydrogen) atoms. The minimum absolute atomic E-state index is 0.178. The van der Waals surface area contributed by atoms with Crippen LogP contribution < -0.4 is 22.1 Å². The Balaban J connectivity index is 4.47. The Labute approximate surface area is 127 Å². The Hall–Kier alpha value is -2.36. The predicted molar refractivity (Wildman–Crippen MR) is 75.8 cm³/mol. The summed E-state index contributed by atoms with van der Waals surface area (Å²) in [6.45, 7) is 0.414. The molecule has 0 radical (unpaired) electrons. The van der Waals surface area contributed by atoms with Gasteiger partial charge in [0.05, 0.1) is 0 Å². The van der Waals surface area contributed by atoms with Gasteiger partial charge < -0.3 is 32.3 Å². The predicted octanol–water partition coefficient (Wildman–Crippen LogP) is -1.41. The van der Waals surface area contributed by atoms with Gasteiger partial charge >= 0.3 is 18.0 Å². The largest absolute Gasteiger partial charge is 0.481 e. The molecule has 0 aromatic rings. The molecule has 0 bridgehead atoms. The zero-order valence-corrected chi connectivity index (χ0v) is 12.1. The number of primary amides is 1. The van der Waals surface area contributed by atoms with Crippen LogP contribution in [0.25, 0.3) is 0 Å². The molecular weight excluding hydrogens is 296 g/mol. The van der Waals surface area contributed by atoms with E-state index in [4.69, 9.17) is 21.7 Å². The normalized spacial score (nSPS) is 13.0. The van der Waals surface area contributed by atoms with Crippen LogP contribution in [0.1, 0.15) is 32.1 Å². The number of hydrogen-bond donors (Lipinski definition) is 6. The third kappa shape index (κ3) is 8.74. The summed E-state index contributed by atoms with van der Waals surface area (Å²) in [5.41, 5.74) is 10.4. The third-order valence-electron chi connectivity index (χ3n) is 2.85. The van der Waals surface area contributed by atoms with Crippen LogP contribution in [-0.2, 0) is 14.4 Å². The number of amides is 3. The zero-order chi connectivity index (χ0) is 17.1. The molecule has 126 valence electrons. The molecule has 0 aliphatic rings. The molecule has 0 aromatic carbocycles. The van der Waals surface area contributed by atoms with Crippen LogP contribution in [0.5, 0.6) is 0 Å². The van der Waals surface area contributed by atoms with E-state index in [0.29, 0.717) is 19.4 Å². The van der Waals surface area contributed by atoms with Gasteiger partial charge in [0, 0.05) is 6.42 Å². The van der Waals surface area contributed by atoms with Gasteiger partial charge in [0.25, 0.3) is 0 Å². The second kappa shape index (κ2) is 10.4. The van der Waals surface area contributed by atoms with Crippen LogP contribution in [0, 0.1) is 0 Å². The maximum atomic E-state index is 11.7. The molecular formula is C12H22N4O6. The van der Waals surface area contributed by atoms with Crippen molar-refractivity contribution in [3.8, 4) is 0 Å². The summed E-state index contributed by atoms with van der Waals surface area (Å²) in [6, 6.07) is -3.21. The highest BCUT2D eigenvalue weighted by molar-refractivity contribution is 5.88. The van der Waals surface area contributed by atoms with Crippen LogP contribution >= 0.6 is 0 Å². The van der Waals surface area contributed by atoms with Gasteiger partial charge in [-0.25, -0.2) is 9.59 Å². The zero-order valence-electron chi connectivity index (χ0n) is 12.1. The van der Waals surface area contributed by atoms with Crippen molar-refractivity contribution in [3.63, 3.8) is 0 Å². The molecule has 2 atom stereocenters. The van der Waals surface area contributed by atoms with Gasteiger partial charge in [-0.15, -0.1) is 0 Å². The summed E-state index contributed by atoms with van der Waals surface area (Å²) < 4.78 is 0. The summed E-state index contributed by atoms with van der Waals surface area (Å²) in [4.78, 5) is 44.3. The van der Waals surface area contributed by atoms with E-state index in [1.807, 2.05) is 0 Å². The number of urea groups is 1. The number of nitrogens with one attached hydrogen (secondary N) is 2. The molecule has 0 aliphatic carbocycles. The Morgan fingerprint density at radius 2 is 1.55 bits per heavy atom. The Kier molecular flexibility index (Phi) is 9.27. The molecule has 0 saturated heterocycles. The summed E-state index contributed by atoms with van der Waals surface area (Å²) >= 11 is 0.